The molecule has 1 aromatic heterocycles. The second-order valence-corrected chi connectivity index (χ2v) is 5.85. The van der Waals surface area contributed by atoms with Crippen LogP contribution in [0.4, 0.5) is 0 Å². The Labute approximate surface area is 102 Å². The molecule has 0 radical (unpaired) electrons. The summed E-state index contributed by atoms with van der Waals surface area (Å²) in [5.41, 5.74) is 0. The van der Waals surface area contributed by atoms with Gasteiger partial charge in [0.15, 0.2) is 0 Å². The first kappa shape index (κ1) is 12.9. The van der Waals surface area contributed by atoms with Crippen LogP contribution in [0, 0.1) is 0 Å². The molecule has 0 aliphatic carbocycles. The quantitative estimate of drug-likeness (QED) is 0.867. The molecular formula is C8H10BrClN2O2S. The molecule has 1 rings (SSSR count). The number of sulfonamides is 1. The zero-order valence-corrected chi connectivity index (χ0v) is 11.2. The maximum atomic E-state index is 11.7. The molecule has 1 N–H and O–H groups in total. The van der Waals surface area contributed by atoms with Gasteiger partial charge in [-0.3, -0.25) is 0 Å². The van der Waals surface area contributed by atoms with E-state index in [2.05, 4.69) is 25.6 Å². The molecule has 0 saturated carbocycles. The van der Waals surface area contributed by atoms with Gasteiger partial charge >= 0.3 is 0 Å². The minimum Gasteiger partial charge on any atom is -0.242 e. The number of rotatable bonds is 4. The number of nitrogens with one attached hydrogen (secondary N) is 1. The molecule has 1 aromatic rings. The number of hydrogen-bond acceptors (Lipinski definition) is 3. The Kier molecular flexibility index (Phi) is 4.51. The van der Waals surface area contributed by atoms with E-state index >= 15 is 0 Å². The first-order valence-electron chi connectivity index (χ1n) is 4.28. The highest BCUT2D eigenvalue weighted by Gasteiger charge is 2.18. The lowest BCUT2D eigenvalue weighted by molar-refractivity contribution is 0.580. The van der Waals surface area contributed by atoms with Crippen molar-refractivity contribution in [2.45, 2.75) is 18.2 Å². The van der Waals surface area contributed by atoms with E-state index in [9.17, 15) is 8.42 Å². The summed E-state index contributed by atoms with van der Waals surface area (Å²) in [6.07, 6.45) is 2.17. The molecule has 0 aliphatic heterocycles. The molecule has 0 bridgehead atoms. The molecule has 0 atom stereocenters. The van der Waals surface area contributed by atoms with Crippen molar-refractivity contribution in [2.24, 2.45) is 0 Å². The molecule has 0 unspecified atom stereocenters. The number of pyridine rings is 1. The van der Waals surface area contributed by atoms with Crippen molar-refractivity contribution in [3.8, 4) is 0 Å². The summed E-state index contributed by atoms with van der Waals surface area (Å²) >= 11 is 8.85. The van der Waals surface area contributed by atoms with Crippen molar-refractivity contribution in [3.63, 3.8) is 0 Å². The molecule has 1 heterocycles. The van der Waals surface area contributed by atoms with Crippen LogP contribution in [0.15, 0.2) is 21.6 Å². The molecule has 0 aliphatic rings. The van der Waals surface area contributed by atoms with Crippen LogP contribution in [0.5, 0.6) is 0 Å². The Hall–Kier alpha value is -0.170. The number of hydrogen-bond donors (Lipinski definition) is 1. The predicted molar refractivity (Wildman–Crippen MR) is 62.4 cm³/mol. The van der Waals surface area contributed by atoms with Gasteiger partial charge in [-0.05, 0) is 28.4 Å². The molecule has 7 heteroatoms. The fraction of sp³-hybridized carbons (Fsp3) is 0.375. The molecular weight excluding hydrogens is 304 g/mol. The van der Waals surface area contributed by atoms with Crippen molar-refractivity contribution in [1.29, 1.82) is 0 Å². The van der Waals surface area contributed by atoms with E-state index in [1.165, 1.54) is 12.3 Å². The Bertz CT molecular complexity index is 450. The van der Waals surface area contributed by atoms with Gasteiger partial charge in [-0.2, -0.15) is 0 Å². The molecule has 0 saturated heterocycles. The third-order valence-electron chi connectivity index (χ3n) is 1.61. The molecule has 0 aromatic carbocycles. The average Bonchev–Trinajstić information content (AvgIpc) is 2.18. The van der Waals surface area contributed by atoms with Gasteiger partial charge in [-0.25, -0.2) is 18.1 Å². The van der Waals surface area contributed by atoms with Gasteiger partial charge in [0, 0.05) is 17.2 Å². The monoisotopic (exact) mass is 312 g/mol. The largest absolute Gasteiger partial charge is 0.243 e. The highest BCUT2D eigenvalue weighted by molar-refractivity contribution is 9.10. The van der Waals surface area contributed by atoms with Gasteiger partial charge in [0.2, 0.25) is 10.0 Å². The van der Waals surface area contributed by atoms with Gasteiger partial charge in [0.25, 0.3) is 0 Å². The summed E-state index contributed by atoms with van der Waals surface area (Å²) in [4.78, 5) is 3.74. The molecule has 15 heavy (non-hydrogen) atoms. The smallest absolute Gasteiger partial charge is 0.242 e. The highest BCUT2D eigenvalue weighted by atomic mass is 79.9. The second kappa shape index (κ2) is 5.25. The van der Waals surface area contributed by atoms with Gasteiger partial charge < -0.3 is 0 Å². The lowest BCUT2D eigenvalue weighted by atomic mass is 10.5. The topological polar surface area (TPSA) is 59.1 Å². The SMILES string of the molecule is CCCNS(=O)(=O)c1cc(Br)cnc1Cl. The maximum Gasteiger partial charge on any atom is 0.243 e. The van der Waals surface area contributed by atoms with E-state index in [1.807, 2.05) is 6.92 Å². The molecule has 0 amide bonds. The Morgan fingerprint density at radius 3 is 2.87 bits per heavy atom. The Morgan fingerprint density at radius 2 is 2.27 bits per heavy atom. The maximum absolute atomic E-state index is 11.7. The molecule has 4 nitrogen and oxygen atoms in total. The van der Waals surface area contributed by atoms with Crippen LogP contribution in [-0.4, -0.2) is 19.9 Å². The normalized spacial score (nSPS) is 11.7. The van der Waals surface area contributed by atoms with E-state index in [0.29, 0.717) is 11.0 Å². The van der Waals surface area contributed by atoms with E-state index < -0.39 is 10.0 Å². The van der Waals surface area contributed by atoms with E-state index in [1.54, 1.807) is 0 Å². The van der Waals surface area contributed by atoms with Crippen LogP contribution in [0.2, 0.25) is 5.15 Å². The van der Waals surface area contributed by atoms with Gasteiger partial charge in [0.05, 0.1) is 0 Å². The fourth-order valence-electron chi connectivity index (χ4n) is 0.907. The molecule has 0 spiro atoms. The van der Waals surface area contributed by atoms with Crippen LogP contribution in [0.1, 0.15) is 13.3 Å². The van der Waals surface area contributed by atoms with E-state index in [4.69, 9.17) is 11.6 Å². The van der Waals surface area contributed by atoms with Crippen molar-refractivity contribution in [2.75, 3.05) is 6.54 Å². The summed E-state index contributed by atoms with van der Waals surface area (Å²) in [6, 6.07) is 1.42. The second-order valence-electron chi connectivity index (χ2n) is 2.84. The minimum atomic E-state index is -3.55. The summed E-state index contributed by atoms with van der Waals surface area (Å²) in [6.45, 7) is 2.26. The third kappa shape index (κ3) is 3.41. The minimum absolute atomic E-state index is 0.00742. The lowest BCUT2D eigenvalue weighted by Crippen LogP contribution is -2.24. The fourth-order valence-corrected chi connectivity index (χ4v) is 2.98. The number of aromatic nitrogens is 1. The van der Waals surface area contributed by atoms with Crippen molar-refractivity contribution < 1.29 is 8.42 Å². The lowest BCUT2D eigenvalue weighted by Gasteiger charge is -2.06. The summed E-state index contributed by atoms with van der Waals surface area (Å²) < 4.78 is 26.4. The first-order chi connectivity index (χ1) is 6.97. The Morgan fingerprint density at radius 1 is 1.60 bits per heavy atom. The van der Waals surface area contributed by atoms with Gasteiger partial charge in [-0.1, -0.05) is 18.5 Å². The van der Waals surface area contributed by atoms with E-state index in [0.717, 1.165) is 6.42 Å². The number of nitrogens with zero attached hydrogens (tertiary/aromatic N) is 1. The Balaban J connectivity index is 3.09. The summed E-state index contributed by atoms with van der Waals surface area (Å²) in [5.74, 6) is 0. The highest BCUT2D eigenvalue weighted by Crippen LogP contribution is 2.22. The van der Waals surface area contributed by atoms with Crippen LogP contribution in [0.25, 0.3) is 0 Å². The zero-order valence-electron chi connectivity index (χ0n) is 8.00. The molecule has 0 fully saturated rings. The van der Waals surface area contributed by atoms with Crippen LogP contribution in [-0.2, 0) is 10.0 Å². The van der Waals surface area contributed by atoms with Crippen LogP contribution >= 0.6 is 27.5 Å². The average molecular weight is 314 g/mol. The van der Waals surface area contributed by atoms with Crippen LogP contribution < -0.4 is 4.72 Å². The van der Waals surface area contributed by atoms with Crippen molar-refractivity contribution in [1.82, 2.24) is 9.71 Å². The summed E-state index contributed by atoms with van der Waals surface area (Å²) in [5, 5.41) is -0.0261. The third-order valence-corrected chi connectivity index (χ3v) is 3.93. The zero-order chi connectivity index (χ0) is 11.5. The van der Waals surface area contributed by atoms with Crippen molar-refractivity contribution in [3.05, 3.63) is 21.9 Å². The number of halogens is 2. The van der Waals surface area contributed by atoms with Gasteiger partial charge in [0.1, 0.15) is 10.0 Å². The van der Waals surface area contributed by atoms with Gasteiger partial charge in [-0.15, -0.1) is 0 Å². The molecule has 84 valence electrons. The first-order valence-corrected chi connectivity index (χ1v) is 6.93. The van der Waals surface area contributed by atoms with Crippen molar-refractivity contribution >= 4 is 37.6 Å². The summed E-state index contributed by atoms with van der Waals surface area (Å²) in [7, 11) is -3.55. The standard InChI is InChI=1S/C8H10BrClN2O2S/c1-2-3-12-15(13,14)7-4-6(9)5-11-8(7)10/h4-5,12H,2-3H2,1H3. The van der Waals surface area contributed by atoms with E-state index in [-0.39, 0.29) is 10.0 Å². The predicted octanol–water partition coefficient (Wildman–Crippen LogP) is 2.19. The van der Waals surface area contributed by atoms with Crippen LogP contribution in [0.3, 0.4) is 0 Å².